The van der Waals surface area contributed by atoms with Crippen LogP contribution in [-0.4, -0.2) is 60.6 Å². The standard InChI is InChI=1S/C22H24N4O5S/c1-14(13-29-4)30-18-11-16(20(27)25-22-23-9-10-32-22)12-19(24-18)31-17-7-5-15(6-8-17)21(28)26(2)3/h5-12,14H,13H2,1-4H3,(H,23,25,27)/t14-/m1/s1. The molecule has 0 unspecified atom stereocenters. The Morgan fingerprint density at radius 2 is 1.84 bits per heavy atom. The van der Waals surface area contributed by atoms with E-state index in [9.17, 15) is 9.59 Å². The molecule has 9 nitrogen and oxygen atoms in total. The fourth-order valence-electron chi connectivity index (χ4n) is 2.70. The molecule has 32 heavy (non-hydrogen) atoms. The molecule has 0 aliphatic heterocycles. The van der Waals surface area contributed by atoms with Gasteiger partial charge in [0.05, 0.1) is 12.2 Å². The minimum absolute atomic E-state index is 0.113. The normalized spacial score (nSPS) is 11.5. The second-order valence-electron chi connectivity index (χ2n) is 7.03. The predicted molar refractivity (Wildman–Crippen MR) is 121 cm³/mol. The number of benzene rings is 1. The average molecular weight is 457 g/mol. The molecular formula is C22H24N4O5S. The minimum atomic E-state index is -0.372. The molecule has 0 bridgehead atoms. The van der Waals surface area contributed by atoms with Gasteiger partial charge in [-0.05, 0) is 31.2 Å². The molecule has 0 aliphatic rings. The highest BCUT2D eigenvalue weighted by molar-refractivity contribution is 7.13. The number of rotatable bonds is 9. The van der Waals surface area contributed by atoms with Crippen molar-refractivity contribution in [3.63, 3.8) is 0 Å². The summed E-state index contributed by atoms with van der Waals surface area (Å²) in [5.41, 5.74) is 0.827. The molecule has 0 saturated heterocycles. The van der Waals surface area contributed by atoms with Crippen LogP contribution >= 0.6 is 11.3 Å². The average Bonchev–Trinajstić information content (AvgIpc) is 3.26. The van der Waals surface area contributed by atoms with Gasteiger partial charge in [0.15, 0.2) is 5.13 Å². The number of amides is 2. The number of anilines is 1. The molecule has 2 amide bonds. The number of carbonyl (C=O) groups is 2. The highest BCUT2D eigenvalue weighted by atomic mass is 32.1. The zero-order valence-electron chi connectivity index (χ0n) is 18.2. The van der Waals surface area contributed by atoms with Gasteiger partial charge >= 0.3 is 0 Å². The van der Waals surface area contributed by atoms with Crippen LogP contribution in [0.5, 0.6) is 17.5 Å². The van der Waals surface area contributed by atoms with Crippen LogP contribution in [-0.2, 0) is 4.74 Å². The van der Waals surface area contributed by atoms with E-state index in [4.69, 9.17) is 14.2 Å². The Hall–Kier alpha value is -3.50. The van der Waals surface area contributed by atoms with Crippen molar-refractivity contribution in [3.05, 3.63) is 59.1 Å². The highest BCUT2D eigenvalue weighted by Crippen LogP contribution is 2.26. The number of ether oxygens (including phenoxy) is 3. The lowest BCUT2D eigenvalue weighted by Crippen LogP contribution is -2.21. The summed E-state index contributed by atoms with van der Waals surface area (Å²) in [5.74, 6) is 0.363. The molecule has 0 saturated carbocycles. The zero-order chi connectivity index (χ0) is 23.1. The number of aromatic nitrogens is 2. The lowest BCUT2D eigenvalue weighted by atomic mass is 10.2. The summed E-state index contributed by atoms with van der Waals surface area (Å²) in [6, 6.07) is 9.68. The van der Waals surface area contributed by atoms with E-state index in [0.29, 0.717) is 28.6 Å². The van der Waals surface area contributed by atoms with Gasteiger partial charge in [-0.3, -0.25) is 14.9 Å². The Kier molecular flexibility index (Phi) is 7.74. The summed E-state index contributed by atoms with van der Waals surface area (Å²) in [6.45, 7) is 2.18. The van der Waals surface area contributed by atoms with Gasteiger partial charge < -0.3 is 19.1 Å². The van der Waals surface area contributed by atoms with E-state index in [0.717, 1.165) is 0 Å². The van der Waals surface area contributed by atoms with Gasteiger partial charge in [0.25, 0.3) is 11.8 Å². The number of carbonyl (C=O) groups excluding carboxylic acids is 2. The van der Waals surface area contributed by atoms with E-state index < -0.39 is 0 Å². The van der Waals surface area contributed by atoms with Gasteiger partial charge in [0, 0.05) is 50.5 Å². The summed E-state index contributed by atoms with van der Waals surface area (Å²) < 4.78 is 16.7. The SMILES string of the molecule is COC[C@@H](C)Oc1cc(C(=O)Nc2nccs2)cc(Oc2ccc(C(=O)N(C)C)cc2)n1. The first-order chi connectivity index (χ1) is 15.4. The summed E-state index contributed by atoms with van der Waals surface area (Å²) in [6.07, 6.45) is 1.32. The fraction of sp³-hybridized carbons (Fsp3) is 0.273. The molecule has 10 heteroatoms. The van der Waals surface area contributed by atoms with Gasteiger partial charge in [-0.15, -0.1) is 11.3 Å². The number of hydrogen-bond donors (Lipinski definition) is 1. The molecule has 168 valence electrons. The first-order valence-electron chi connectivity index (χ1n) is 9.74. The molecule has 1 N–H and O–H groups in total. The summed E-state index contributed by atoms with van der Waals surface area (Å²) in [7, 11) is 4.94. The van der Waals surface area contributed by atoms with Crippen molar-refractivity contribution >= 4 is 28.3 Å². The van der Waals surface area contributed by atoms with Gasteiger partial charge in [0.2, 0.25) is 11.8 Å². The number of nitrogens with zero attached hydrogens (tertiary/aromatic N) is 3. The molecule has 3 rings (SSSR count). The van der Waals surface area contributed by atoms with Crippen LogP contribution in [0.1, 0.15) is 27.6 Å². The third-order valence-electron chi connectivity index (χ3n) is 4.15. The molecule has 2 heterocycles. The Labute approximate surface area is 190 Å². The van der Waals surface area contributed by atoms with Crippen LogP contribution in [0.15, 0.2) is 48.0 Å². The second-order valence-corrected chi connectivity index (χ2v) is 7.93. The van der Waals surface area contributed by atoms with Crippen molar-refractivity contribution in [1.82, 2.24) is 14.9 Å². The lowest BCUT2D eigenvalue weighted by molar-refractivity contribution is 0.0827. The number of thiazole rings is 1. The maximum absolute atomic E-state index is 12.7. The molecule has 0 fully saturated rings. The third kappa shape index (κ3) is 6.25. The van der Waals surface area contributed by atoms with Gasteiger partial charge in [-0.25, -0.2) is 4.98 Å². The first kappa shape index (κ1) is 23.2. The van der Waals surface area contributed by atoms with Crippen molar-refractivity contribution in [1.29, 1.82) is 0 Å². The summed E-state index contributed by atoms with van der Waals surface area (Å²) >= 11 is 1.31. The summed E-state index contributed by atoms with van der Waals surface area (Å²) in [5, 5.41) is 4.97. The summed E-state index contributed by atoms with van der Waals surface area (Å²) in [4.78, 5) is 34.7. The van der Waals surface area contributed by atoms with Crippen LogP contribution in [0.25, 0.3) is 0 Å². The molecule has 0 radical (unpaired) electrons. The van der Waals surface area contributed by atoms with E-state index in [1.165, 1.54) is 28.4 Å². The first-order valence-corrected chi connectivity index (χ1v) is 10.6. The van der Waals surface area contributed by atoms with Crippen molar-refractivity contribution in [3.8, 4) is 17.5 Å². The highest BCUT2D eigenvalue weighted by Gasteiger charge is 2.16. The Balaban J connectivity index is 1.84. The smallest absolute Gasteiger partial charge is 0.257 e. The molecule has 1 atom stereocenters. The van der Waals surface area contributed by atoms with E-state index in [-0.39, 0.29) is 29.7 Å². The lowest BCUT2D eigenvalue weighted by Gasteiger charge is -2.15. The monoisotopic (exact) mass is 456 g/mol. The largest absolute Gasteiger partial charge is 0.472 e. The zero-order valence-corrected chi connectivity index (χ0v) is 19.0. The van der Waals surface area contributed by atoms with Crippen LogP contribution in [0.2, 0.25) is 0 Å². The molecule has 2 aromatic heterocycles. The van der Waals surface area contributed by atoms with E-state index in [1.807, 2.05) is 6.92 Å². The van der Waals surface area contributed by atoms with Crippen LogP contribution in [0.3, 0.4) is 0 Å². The quantitative estimate of drug-likeness (QED) is 0.524. The second kappa shape index (κ2) is 10.7. The van der Waals surface area contributed by atoms with Gasteiger partial charge in [-0.2, -0.15) is 4.98 Å². The molecular weight excluding hydrogens is 432 g/mol. The number of methoxy groups -OCH3 is 1. The van der Waals surface area contributed by atoms with E-state index >= 15 is 0 Å². The van der Waals surface area contributed by atoms with Crippen molar-refractivity contribution < 1.29 is 23.8 Å². The maximum atomic E-state index is 12.7. The fourth-order valence-corrected chi connectivity index (χ4v) is 3.22. The third-order valence-corrected chi connectivity index (χ3v) is 4.84. The van der Waals surface area contributed by atoms with E-state index in [1.54, 1.807) is 57.0 Å². The van der Waals surface area contributed by atoms with E-state index in [2.05, 4.69) is 15.3 Å². The topological polar surface area (TPSA) is 103 Å². The van der Waals surface area contributed by atoms with Crippen molar-refractivity contribution in [2.45, 2.75) is 13.0 Å². The van der Waals surface area contributed by atoms with Crippen molar-refractivity contribution in [2.24, 2.45) is 0 Å². The number of pyridine rings is 1. The molecule has 3 aromatic rings. The maximum Gasteiger partial charge on any atom is 0.257 e. The predicted octanol–water partition coefficient (Wildman–Crippen LogP) is 3.70. The molecule has 0 spiro atoms. The number of hydrogen-bond acceptors (Lipinski definition) is 8. The Morgan fingerprint density at radius 1 is 1.12 bits per heavy atom. The van der Waals surface area contributed by atoms with Crippen LogP contribution in [0, 0.1) is 0 Å². The van der Waals surface area contributed by atoms with Crippen LogP contribution in [0.4, 0.5) is 5.13 Å². The Morgan fingerprint density at radius 3 is 2.47 bits per heavy atom. The van der Waals surface area contributed by atoms with Gasteiger partial charge in [0.1, 0.15) is 11.9 Å². The minimum Gasteiger partial charge on any atom is -0.472 e. The number of nitrogens with one attached hydrogen (secondary N) is 1. The molecule has 1 aromatic carbocycles. The Bertz CT molecular complexity index is 1050. The molecule has 0 aliphatic carbocycles. The van der Waals surface area contributed by atoms with Gasteiger partial charge in [-0.1, -0.05) is 0 Å². The van der Waals surface area contributed by atoms with Crippen molar-refractivity contribution in [2.75, 3.05) is 33.1 Å². The van der Waals surface area contributed by atoms with Crippen LogP contribution < -0.4 is 14.8 Å².